The summed E-state index contributed by atoms with van der Waals surface area (Å²) in [6.45, 7) is 21.0. The smallest absolute Gasteiger partial charge is 0.417 e. The zero-order valence-corrected chi connectivity index (χ0v) is 35.9. The molecule has 2 aliphatic heterocycles. The van der Waals surface area contributed by atoms with Gasteiger partial charge in [0.05, 0.1) is 52.9 Å². The summed E-state index contributed by atoms with van der Waals surface area (Å²) in [6, 6.07) is 7.74. The van der Waals surface area contributed by atoms with Crippen molar-refractivity contribution in [1.82, 2.24) is 49.1 Å². The highest BCUT2D eigenvalue weighted by Crippen LogP contribution is 2.36. The minimum Gasteiger partial charge on any atom is -0.493 e. The molecular weight excluding hydrogens is 894 g/mol. The fraction of sp³-hybridized carbons (Fsp3) is 0.233. The molecule has 0 bridgehead atoms. The van der Waals surface area contributed by atoms with E-state index in [2.05, 4.69) is 71.3 Å². The van der Waals surface area contributed by atoms with Gasteiger partial charge in [-0.1, -0.05) is 23.1 Å². The van der Waals surface area contributed by atoms with Crippen molar-refractivity contribution in [1.29, 1.82) is 0 Å². The maximum absolute atomic E-state index is 15.0. The van der Waals surface area contributed by atoms with Crippen molar-refractivity contribution >= 4 is 56.8 Å². The van der Waals surface area contributed by atoms with Crippen molar-refractivity contribution in [2.45, 2.75) is 52.3 Å². The highest BCUT2D eigenvalue weighted by molar-refractivity contribution is 9.10. The van der Waals surface area contributed by atoms with Crippen LogP contribution >= 0.6 is 15.9 Å². The normalized spacial score (nSPS) is 12.7. The van der Waals surface area contributed by atoms with Gasteiger partial charge in [0, 0.05) is 72.6 Å². The van der Waals surface area contributed by atoms with Crippen molar-refractivity contribution < 1.29 is 27.8 Å². The monoisotopic (exact) mass is 928 g/mol. The number of benzene rings is 2. The van der Waals surface area contributed by atoms with E-state index in [1.54, 1.807) is 68.2 Å². The van der Waals surface area contributed by atoms with E-state index in [0.29, 0.717) is 88.3 Å². The van der Waals surface area contributed by atoms with Crippen LogP contribution in [0.3, 0.4) is 0 Å². The zero-order valence-electron chi connectivity index (χ0n) is 34.3. The van der Waals surface area contributed by atoms with Gasteiger partial charge < -0.3 is 29.2 Å². The van der Waals surface area contributed by atoms with Crippen LogP contribution in [0.4, 0.5) is 37.1 Å². The molecule has 0 saturated heterocycles. The Morgan fingerprint density at radius 2 is 1.52 bits per heavy atom. The third-order valence-corrected chi connectivity index (χ3v) is 10.9. The second-order valence-corrected chi connectivity index (χ2v) is 16.3. The van der Waals surface area contributed by atoms with E-state index in [4.69, 9.17) is 27.4 Å². The first kappa shape index (κ1) is 41.4. The number of hydrogen-bond donors (Lipinski definition) is 3. The molecule has 0 radical (unpaired) electrons. The maximum Gasteiger partial charge on any atom is 0.417 e. The number of hydrogen-bond acceptors (Lipinski definition) is 11. The van der Waals surface area contributed by atoms with Crippen LogP contribution in [0.2, 0.25) is 0 Å². The molecule has 0 fully saturated rings. The molecule has 0 spiro atoms. The first-order valence-corrected chi connectivity index (χ1v) is 20.5. The van der Waals surface area contributed by atoms with E-state index < -0.39 is 17.5 Å². The zero-order chi connectivity index (χ0) is 44.7. The van der Waals surface area contributed by atoms with Gasteiger partial charge in [-0.25, -0.2) is 28.4 Å². The highest BCUT2D eigenvalue weighted by atomic mass is 79.9. The first-order chi connectivity index (χ1) is 30.9. The Kier molecular flexibility index (Phi) is 10.8. The first-order valence-electron chi connectivity index (χ1n) is 19.7. The summed E-state index contributed by atoms with van der Waals surface area (Å²) in [6.07, 6.45) is 9.97. The Labute approximate surface area is 371 Å². The maximum atomic E-state index is 15.0. The second-order valence-electron chi connectivity index (χ2n) is 15.5. The van der Waals surface area contributed by atoms with Crippen LogP contribution in [0.15, 0.2) is 72.0 Å². The van der Waals surface area contributed by atoms with Crippen molar-refractivity contribution in [2.75, 3.05) is 23.4 Å². The van der Waals surface area contributed by atoms with Crippen LogP contribution in [0.1, 0.15) is 43.0 Å². The number of anilines is 2. The third kappa shape index (κ3) is 7.88. The molecule has 18 nitrogen and oxygen atoms in total. The Balaban J connectivity index is 0.000000165. The van der Waals surface area contributed by atoms with Crippen LogP contribution in [0, 0.1) is 24.8 Å². The van der Waals surface area contributed by atoms with Gasteiger partial charge in [0.15, 0.2) is 0 Å². The summed E-state index contributed by atoms with van der Waals surface area (Å²) in [4.78, 5) is 39.3. The molecule has 2 aliphatic rings. The Morgan fingerprint density at radius 3 is 2.14 bits per heavy atom. The molecule has 64 heavy (non-hydrogen) atoms. The predicted molar refractivity (Wildman–Crippen MR) is 232 cm³/mol. The van der Waals surface area contributed by atoms with Crippen LogP contribution in [-0.4, -0.2) is 74.0 Å². The van der Waals surface area contributed by atoms with Gasteiger partial charge in [-0.15, -0.1) is 0 Å². The molecule has 8 aromatic rings. The number of aromatic nitrogens is 10. The SMILES string of the molecule is [C-]#[N+]c1cn2c(N(Cc3c(F)ccc4c3CCO4)C(=O)OC(C)(C)C)ncc(-c3ccn[nH]3)c2n1.[C-]#[N+]c1cn2c(NCc3c(F)ccc4c3CCO4)ncc(-c3[nH]ncc3Br)c2n1. The number of halogens is 3. The highest BCUT2D eigenvalue weighted by Gasteiger charge is 2.31. The van der Waals surface area contributed by atoms with Crippen molar-refractivity contribution in [2.24, 2.45) is 0 Å². The van der Waals surface area contributed by atoms with E-state index in [1.807, 2.05) is 0 Å². The van der Waals surface area contributed by atoms with Crippen LogP contribution in [0.5, 0.6) is 11.5 Å². The summed E-state index contributed by atoms with van der Waals surface area (Å²) in [7, 11) is 0. The Bertz CT molecular complexity index is 3180. The van der Waals surface area contributed by atoms with E-state index >= 15 is 4.39 Å². The average Bonchev–Trinajstić information content (AvgIpc) is 4.13. The molecule has 10 rings (SSSR count). The molecule has 21 heteroatoms. The van der Waals surface area contributed by atoms with Gasteiger partial charge in [0.25, 0.3) is 11.6 Å². The van der Waals surface area contributed by atoms with E-state index in [9.17, 15) is 9.18 Å². The number of carbonyl (C=O) groups is 1. The molecular formula is C43H35BrF2N14O4. The van der Waals surface area contributed by atoms with Crippen LogP contribution in [-0.2, 0) is 30.7 Å². The van der Waals surface area contributed by atoms with Crippen LogP contribution < -0.4 is 19.7 Å². The van der Waals surface area contributed by atoms with Crippen molar-refractivity contribution in [3.05, 3.63) is 129 Å². The number of imidazole rings is 2. The molecule has 0 atom stereocenters. The predicted octanol–water partition coefficient (Wildman–Crippen LogP) is 8.80. The van der Waals surface area contributed by atoms with Crippen LogP contribution in [0.25, 0.3) is 43.5 Å². The number of fused-ring (bicyclic) bond motifs is 4. The van der Waals surface area contributed by atoms with Gasteiger partial charge in [-0.3, -0.25) is 19.0 Å². The average molecular weight is 930 g/mol. The fourth-order valence-corrected chi connectivity index (χ4v) is 7.85. The summed E-state index contributed by atoms with van der Waals surface area (Å²) >= 11 is 3.44. The molecule has 322 valence electrons. The van der Waals surface area contributed by atoms with Gasteiger partial charge in [-0.2, -0.15) is 10.2 Å². The molecule has 0 saturated carbocycles. The lowest BCUT2D eigenvalue weighted by atomic mass is 10.0. The van der Waals surface area contributed by atoms with Crippen molar-refractivity contribution in [3.63, 3.8) is 0 Å². The molecule has 0 unspecified atom stereocenters. The summed E-state index contributed by atoms with van der Waals surface area (Å²) in [5, 5.41) is 16.9. The largest absolute Gasteiger partial charge is 0.493 e. The van der Waals surface area contributed by atoms with Crippen molar-refractivity contribution in [3.8, 4) is 34.0 Å². The molecule has 2 aromatic carbocycles. The van der Waals surface area contributed by atoms with E-state index in [-0.39, 0.29) is 36.5 Å². The number of H-pyrrole nitrogens is 2. The molecule has 8 heterocycles. The number of amides is 1. The lowest BCUT2D eigenvalue weighted by Gasteiger charge is -2.27. The number of carbonyl (C=O) groups excluding carboxylic acids is 1. The molecule has 6 aromatic heterocycles. The van der Waals surface area contributed by atoms with Gasteiger partial charge in [0.2, 0.25) is 23.2 Å². The quantitative estimate of drug-likeness (QED) is 0.124. The molecule has 3 N–H and O–H groups in total. The van der Waals surface area contributed by atoms with Gasteiger partial charge in [0.1, 0.15) is 28.7 Å². The van der Waals surface area contributed by atoms with Gasteiger partial charge >= 0.3 is 6.09 Å². The van der Waals surface area contributed by atoms with E-state index in [1.165, 1.54) is 33.8 Å². The third-order valence-electron chi connectivity index (χ3n) is 10.3. The summed E-state index contributed by atoms with van der Waals surface area (Å²) in [5.74, 6) is 1.51. The second kappa shape index (κ2) is 16.8. The fourth-order valence-electron chi connectivity index (χ4n) is 7.44. The van der Waals surface area contributed by atoms with Gasteiger partial charge in [-0.05, 0) is 67.0 Å². The number of nitrogens with zero attached hydrogens (tertiary/aromatic N) is 11. The Morgan fingerprint density at radius 1 is 0.875 bits per heavy atom. The Hall–Kier alpha value is -7.91. The minimum absolute atomic E-state index is 0.115. The number of nitrogens with one attached hydrogen (secondary N) is 3. The standard InChI is InChI=1S/C24H22FN7O3.C19H13BrFN7O/c1-24(2,3)35-23(33)32(12-16-14-8-10-34-19(14)6-5-17(16)25)22-27-11-15(18-7-9-28-30-18)21-29-20(26-4)13-31(21)22;1-22-16-9-28-18(26-16)12(17-13(20)8-25-27-17)7-24-19(28)23-6-11-10-4-5-29-15(10)3-2-14(11)21/h5-7,9,11,13H,8,10,12H2,1-3H3,(H,28,30);2-3,7-9H,4-6H2,(H,23,24)(H,25,27). The number of ether oxygens (including phenoxy) is 3. The number of aromatic amines is 2. The lowest BCUT2D eigenvalue weighted by Crippen LogP contribution is -2.38. The summed E-state index contributed by atoms with van der Waals surface area (Å²) in [5.41, 5.74) is 5.22. The summed E-state index contributed by atoms with van der Waals surface area (Å²) < 4.78 is 50.2. The number of rotatable bonds is 8. The molecule has 1 amide bonds. The minimum atomic E-state index is -0.804. The topological polar surface area (TPSA) is 186 Å². The van der Waals surface area contributed by atoms with E-state index in [0.717, 1.165) is 15.8 Å². The molecule has 0 aliphatic carbocycles. The lowest BCUT2D eigenvalue weighted by molar-refractivity contribution is 0.0574.